The van der Waals surface area contributed by atoms with Crippen LogP contribution in [0.3, 0.4) is 0 Å². The molecular weight excluding hydrogens is 108 g/mol. The number of hydrogen-bond donors (Lipinski definition) is 0. The number of hydrogen-bond acceptors (Lipinski definition) is 0. The van der Waals surface area contributed by atoms with Crippen LogP contribution in [0.2, 0.25) is 0 Å². The topological polar surface area (TPSA) is 0 Å². The van der Waals surface area contributed by atoms with E-state index >= 15 is 0 Å². The molecule has 0 aliphatic carbocycles. The van der Waals surface area contributed by atoms with E-state index in [-0.39, 0.29) is 0 Å². The van der Waals surface area contributed by atoms with Crippen LogP contribution >= 0.6 is 0 Å². The molecule has 0 spiro atoms. The zero-order valence-corrected chi connectivity index (χ0v) is 6.98. The lowest BCUT2D eigenvalue weighted by Crippen LogP contribution is -1.91. The predicted octanol–water partition coefficient (Wildman–Crippen LogP) is 3.43. The molecule has 0 saturated carbocycles. The third-order valence-electron chi connectivity index (χ3n) is 1.83. The summed E-state index contributed by atoms with van der Waals surface area (Å²) in [4.78, 5) is 0. The minimum absolute atomic E-state index is 0.830. The van der Waals surface area contributed by atoms with Gasteiger partial charge in [-0.3, -0.25) is 0 Å². The summed E-state index contributed by atoms with van der Waals surface area (Å²) in [6, 6.07) is 0. The molecule has 1 unspecified atom stereocenters. The van der Waals surface area contributed by atoms with E-state index in [1.807, 2.05) is 0 Å². The van der Waals surface area contributed by atoms with Gasteiger partial charge >= 0.3 is 0 Å². The maximum atomic E-state index is 2.29. The molecule has 0 saturated heterocycles. The van der Waals surface area contributed by atoms with E-state index in [1.165, 1.54) is 25.7 Å². The normalized spacial score (nSPS) is 13.7. The molecule has 0 aliphatic rings. The van der Waals surface area contributed by atoms with E-state index in [2.05, 4.69) is 27.2 Å². The van der Waals surface area contributed by atoms with Crippen LogP contribution in [0.1, 0.15) is 46.5 Å². The van der Waals surface area contributed by atoms with E-state index in [0.29, 0.717) is 0 Å². The van der Waals surface area contributed by atoms with Gasteiger partial charge in [0.05, 0.1) is 0 Å². The van der Waals surface area contributed by atoms with Gasteiger partial charge < -0.3 is 0 Å². The smallest absolute Gasteiger partial charge is 0.0389 e. The lowest BCUT2D eigenvalue weighted by atomic mass is 10.0. The monoisotopic (exact) mass is 127 g/mol. The van der Waals surface area contributed by atoms with E-state index in [1.54, 1.807) is 0 Å². The zero-order valence-electron chi connectivity index (χ0n) is 6.98. The SMILES string of the molecule is C[CH]C(C)CCCCC. The highest BCUT2D eigenvalue weighted by molar-refractivity contribution is 4.65. The minimum Gasteiger partial charge on any atom is -0.0654 e. The molecule has 0 aromatic heterocycles. The van der Waals surface area contributed by atoms with Crippen molar-refractivity contribution >= 4 is 0 Å². The Morgan fingerprint density at radius 3 is 2.44 bits per heavy atom. The second-order valence-corrected chi connectivity index (χ2v) is 2.81. The molecule has 1 radical (unpaired) electrons. The Labute approximate surface area is 59.7 Å². The molecule has 0 aliphatic heterocycles. The van der Waals surface area contributed by atoms with Gasteiger partial charge in [-0.25, -0.2) is 0 Å². The van der Waals surface area contributed by atoms with Crippen molar-refractivity contribution in [1.82, 2.24) is 0 Å². The second-order valence-electron chi connectivity index (χ2n) is 2.81. The summed E-state index contributed by atoms with van der Waals surface area (Å²) in [6.45, 7) is 6.69. The fourth-order valence-corrected chi connectivity index (χ4v) is 0.883. The molecule has 0 bridgehead atoms. The highest BCUT2D eigenvalue weighted by atomic mass is 14.0. The predicted molar refractivity (Wildman–Crippen MR) is 43.3 cm³/mol. The quantitative estimate of drug-likeness (QED) is 0.496. The second kappa shape index (κ2) is 6.12. The van der Waals surface area contributed by atoms with Crippen LogP contribution in [0.4, 0.5) is 0 Å². The average Bonchev–Trinajstić information content (AvgIpc) is 1.89. The van der Waals surface area contributed by atoms with Crippen LogP contribution in [0.25, 0.3) is 0 Å². The molecule has 0 aromatic rings. The fraction of sp³-hybridized carbons (Fsp3) is 0.889. The van der Waals surface area contributed by atoms with Gasteiger partial charge in [-0.1, -0.05) is 46.5 Å². The average molecular weight is 127 g/mol. The van der Waals surface area contributed by atoms with Gasteiger partial charge in [0.15, 0.2) is 0 Å². The van der Waals surface area contributed by atoms with E-state index < -0.39 is 0 Å². The Morgan fingerprint density at radius 1 is 1.33 bits per heavy atom. The summed E-state index contributed by atoms with van der Waals surface area (Å²) in [6.07, 6.45) is 7.82. The highest BCUT2D eigenvalue weighted by Crippen LogP contribution is 2.10. The van der Waals surface area contributed by atoms with Gasteiger partial charge in [0.2, 0.25) is 0 Å². The molecule has 0 rings (SSSR count). The molecule has 0 fully saturated rings. The van der Waals surface area contributed by atoms with Gasteiger partial charge in [0.25, 0.3) is 0 Å². The molecular formula is C9H19. The van der Waals surface area contributed by atoms with Crippen LogP contribution in [0, 0.1) is 12.3 Å². The van der Waals surface area contributed by atoms with Crippen LogP contribution < -0.4 is 0 Å². The van der Waals surface area contributed by atoms with Crippen LogP contribution in [-0.4, -0.2) is 0 Å². The van der Waals surface area contributed by atoms with Gasteiger partial charge in [0, 0.05) is 0 Å². The first-order valence-corrected chi connectivity index (χ1v) is 4.10. The molecule has 0 N–H and O–H groups in total. The van der Waals surface area contributed by atoms with Crippen molar-refractivity contribution in [1.29, 1.82) is 0 Å². The van der Waals surface area contributed by atoms with Gasteiger partial charge in [-0.15, -0.1) is 0 Å². The van der Waals surface area contributed by atoms with Crippen LogP contribution in [-0.2, 0) is 0 Å². The number of rotatable bonds is 5. The van der Waals surface area contributed by atoms with Crippen LogP contribution in [0.5, 0.6) is 0 Å². The first kappa shape index (κ1) is 9.00. The van der Waals surface area contributed by atoms with Crippen molar-refractivity contribution < 1.29 is 0 Å². The van der Waals surface area contributed by atoms with E-state index in [4.69, 9.17) is 0 Å². The van der Waals surface area contributed by atoms with Crippen molar-refractivity contribution in [2.24, 2.45) is 5.92 Å². The van der Waals surface area contributed by atoms with Crippen molar-refractivity contribution in [2.45, 2.75) is 46.5 Å². The van der Waals surface area contributed by atoms with Crippen molar-refractivity contribution in [3.63, 3.8) is 0 Å². The maximum absolute atomic E-state index is 2.29. The molecule has 0 heterocycles. The summed E-state index contributed by atoms with van der Waals surface area (Å²) >= 11 is 0. The lowest BCUT2D eigenvalue weighted by Gasteiger charge is -2.05. The lowest BCUT2D eigenvalue weighted by molar-refractivity contribution is 0.550. The standard InChI is InChI=1S/C9H19/c1-4-6-7-8-9(3)5-2/h5,9H,4,6-8H2,1-3H3. The Kier molecular flexibility index (Phi) is 6.12. The molecule has 55 valence electrons. The van der Waals surface area contributed by atoms with Crippen LogP contribution in [0.15, 0.2) is 0 Å². The van der Waals surface area contributed by atoms with Gasteiger partial charge in [0.1, 0.15) is 0 Å². The zero-order chi connectivity index (χ0) is 7.11. The Hall–Kier alpha value is 0. The van der Waals surface area contributed by atoms with E-state index in [9.17, 15) is 0 Å². The summed E-state index contributed by atoms with van der Waals surface area (Å²) in [7, 11) is 0. The molecule has 1 atom stereocenters. The third kappa shape index (κ3) is 5.88. The maximum Gasteiger partial charge on any atom is -0.0389 e. The summed E-state index contributed by atoms with van der Waals surface area (Å²) < 4.78 is 0. The highest BCUT2D eigenvalue weighted by Gasteiger charge is 1.96. The molecule has 0 nitrogen and oxygen atoms in total. The first-order chi connectivity index (χ1) is 4.31. The van der Waals surface area contributed by atoms with Crippen molar-refractivity contribution in [2.75, 3.05) is 0 Å². The first-order valence-electron chi connectivity index (χ1n) is 4.10. The van der Waals surface area contributed by atoms with Gasteiger partial charge in [-0.05, 0) is 12.3 Å². The Bertz CT molecular complexity index is 48.0. The fourth-order valence-electron chi connectivity index (χ4n) is 0.883. The summed E-state index contributed by atoms with van der Waals surface area (Å²) in [5.74, 6) is 0.830. The Morgan fingerprint density at radius 2 is 2.00 bits per heavy atom. The van der Waals surface area contributed by atoms with Crippen molar-refractivity contribution in [3.05, 3.63) is 6.42 Å². The molecule has 0 aromatic carbocycles. The van der Waals surface area contributed by atoms with Crippen molar-refractivity contribution in [3.8, 4) is 0 Å². The summed E-state index contributed by atoms with van der Waals surface area (Å²) in [5.41, 5.74) is 0. The van der Waals surface area contributed by atoms with E-state index in [0.717, 1.165) is 5.92 Å². The Balaban J connectivity index is 2.88. The molecule has 0 amide bonds. The third-order valence-corrected chi connectivity index (χ3v) is 1.83. The number of unbranched alkanes of at least 4 members (excludes halogenated alkanes) is 2. The summed E-state index contributed by atoms with van der Waals surface area (Å²) in [5, 5.41) is 0. The molecule has 0 heteroatoms. The molecule has 9 heavy (non-hydrogen) atoms. The minimum atomic E-state index is 0.830. The van der Waals surface area contributed by atoms with Gasteiger partial charge in [-0.2, -0.15) is 0 Å². The largest absolute Gasteiger partial charge is 0.0654 e.